The molecule has 10 nitrogen and oxygen atoms in total. The van der Waals surface area contributed by atoms with Crippen molar-refractivity contribution in [1.29, 1.82) is 0 Å². The first-order valence-corrected chi connectivity index (χ1v) is 15.1. The smallest absolute Gasteiger partial charge is 0.483 e. The summed E-state index contributed by atoms with van der Waals surface area (Å²) >= 11 is 0. The van der Waals surface area contributed by atoms with Crippen molar-refractivity contribution in [3.8, 4) is 11.5 Å². The molecule has 2 N–H and O–H groups in total. The lowest BCUT2D eigenvalue weighted by atomic mass is 9.89. The van der Waals surface area contributed by atoms with Crippen LogP contribution < -0.4 is 14.8 Å². The number of aromatic amines is 1. The summed E-state index contributed by atoms with van der Waals surface area (Å²) in [6.45, 7) is 6.88. The number of rotatable bonds is 7. The Balaban J connectivity index is 0.917. The maximum Gasteiger partial charge on any atom is 0.586 e. The molecule has 0 radical (unpaired) electrons. The van der Waals surface area contributed by atoms with Gasteiger partial charge in [-0.05, 0) is 78.9 Å². The van der Waals surface area contributed by atoms with Gasteiger partial charge in [-0.3, -0.25) is 14.6 Å². The summed E-state index contributed by atoms with van der Waals surface area (Å²) in [5.41, 5.74) is 5.18. The van der Waals surface area contributed by atoms with Crippen LogP contribution in [-0.4, -0.2) is 96.3 Å². The van der Waals surface area contributed by atoms with Crippen molar-refractivity contribution in [2.45, 2.75) is 31.6 Å². The van der Waals surface area contributed by atoms with Gasteiger partial charge >= 0.3 is 6.29 Å². The number of imidazole rings is 1. The number of H-pyrrole nitrogens is 1. The normalized spacial score (nSPS) is 20.8. The molecule has 5 heterocycles. The number of benzene rings is 2. The third-order valence-corrected chi connectivity index (χ3v) is 8.91. The second-order valence-electron chi connectivity index (χ2n) is 11.8. The van der Waals surface area contributed by atoms with Crippen LogP contribution in [0.15, 0.2) is 60.0 Å². The van der Waals surface area contributed by atoms with E-state index in [-0.39, 0.29) is 17.4 Å². The minimum atomic E-state index is -3.62. The van der Waals surface area contributed by atoms with E-state index in [1.165, 1.54) is 17.2 Å². The average molecular weight is 607 g/mol. The monoisotopic (exact) mass is 606 g/mol. The molecule has 0 aliphatic carbocycles. The maximum absolute atomic E-state index is 13.3. The molecule has 2 saturated heterocycles. The molecule has 7 rings (SSSR count). The Morgan fingerprint density at radius 2 is 1.75 bits per heavy atom. The highest BCUT2D eigenvalue weighted by Crippen LogP contribution is 2.41. The van der Waals surface area contributed by atoms with Gasteiger partial charge in [0.25, 0.3) is 5.91 Å². The SMILES string of the molecule is COC1=CC=C(CN2CCC(c3ccc4nc(C(=O)N5CCN(Cc6ccc7c(c6)OC(F)(F)O7)CC5)[nH]c4c3)CC2)CN1. The number of carbonyl (C=O) groups excluding carboxylic acids is 1. The van der Waals surface area contributed by atoms with Gasteiger partial charge in [-0.1, -0.05) is 18.2 Å². The maximum atomic E-state index is 13.3. The molecule has 1 aromatic heterocycles. The molecule has 3 aromatic rings. The Hall–Kier alpha value is -4.16. The van der Waals surface area contributed by atoms with Crippen molar-refractivity contribution < 1.29 is 27.8 Å². The number of halogens is 2. The number of amides is 1. The standard InChI is InChI=1S/C32H36F2N6O4/c1-42-29-7-3-22(18-35-29)20-38-10-8-23(9-11-38)24-4-5-25-26(17-24)37-30(36-25)31(41)40-14-12-39(13-15-40)19-21-2-6-27-28(16-21)44-32(33,34)43-27/h2-7,16-17,23,35H,8-15,18-20H2,1H3,(H,36,37). The number of fused-ring (bicyclic) bond motifs is 2. The molecule has 1 amide bonds. The molecule has 0 unspecified atom stereocenters. The van der Waals surface area contributed by atoms with Crippen LogP contribution in [0.4, 0.5) is 8.78 Å². The summed E-state index contributed by atoms with van der Waals surface area (Å²) in [6.07, 6.45) is 2.70. The highest BCUT2D eigenvalue weighted by molar-refractivity contribution is 5.94. The number of likely N-dealkylation sites (tertiary alicyclic amines) is 1. The molecule has 44 heavy (non-hydrogen) atoms. The van der Waals surface area contributed by atoms with Crippen molar-refractivity contribution in [3.05, 3.63) is 77.0 Å². The van der Waals surface area contributed by atoms with Gasteiger partial charge in [-0.25, -0.2) is 4.98 Å². The number of alkyl halides is 2. The molecule has 0 saturated carbocycles. The third kappa shape index (κ3) is 6.09. The lowest BCUT2D eigenvalue weighted by molar-refractivity contribution is -0.286. The van der Waals surface area contributed by atoms with Gasteiger partial charge < -0.3 is 29.4 Å². The minimum Gasteiger partial charge on any atom is -0.483 e. The van der Waals surface area contributed by atoms with E-state index in [1.54, 1.807) is 19.2 Å². The topological polar surface area (TPSA) is 95.2 Å². The number of hydrogen-bond acceptors (Lipinski definition) is 8. The van der Waals surface area contributed by atoms with E-state index in [2.05, 4.69) is 52.8 Å². The van der Waals surface area contributed by atoms with E-state index in [0.29, 0.717) is 44.5 Å². The Bertz CT molecular complexity index is 1610. The van der Waals surface area contributed by atoms with Crippen LogP contribution in [0.3, 0.4) is 0 Å². The summed E-state index contributed by atoms with van der Waals surface area (Å²) in [6, 6.07) is 11.2. The zero-order chi connectivity index (χ0) is 30.3. The number of hydrogen-bond donors (Lipinski definition) is 2. The lowest BCUT2D eigenvalue weighted by Gasteiger charge is -2.34. The van der Waals surface area contributed by atoms with Gasteiger partial charge in [0, 0.05) is 45.8 Å². The number of ether oxygens (including phenoxy) is 3. The Morgan fingerprint density at radius 1 is 0.977 bits per heavy atom. The van der Waals surface area contributed by atoms with Crippen molar-refractivity contribution in [2.75, 3.05) is 59.5 Å². The molecule has 232 valence electrons. The molecule has 2 fully saturated rings. The number of aromatic nitrogens is 2. The average Bonchev–Trinajstić information content (AvgIpc) is 3.60. The van der Waals surface area contributed by atoms with Crippen LogP contribution in [0.1, 0.15) is 40.5 Å². The van der Waals surface area contributed by atoms with Gasteiger partial charge in [0.15, 0.2) is 23.2 Å². The zero-order valence-electron chi connectivity index (χ0n) is 24.7. The molecular weight excluding hydrogens is 570 g/mol. The quantitative estimate of drug-likeness (QED) is 0.417. The van der Waals surface area contributed by atoms with E-state index >= 15 is 0 Å². The molecule has 12 heteroatoms. The van der Waals surface area contributed by atoms with Gasteiger partial charge in [0.1, 0.15) is 0 Å². The molecule has 0 atom stereocenters. The number of nitrogens with one attached hydrogen (secondary N) is 2. The zero-order valence-corrected chi connectivity index (χ0v) is 24.7. The number of nitrogens with zero attached hydrogens (tertiary/aromatic N) is 4. The van der Waals surface area contributed by atoms with Crippen LogP contribution in [0.2, 0.25) is 0 Å². The van der Waals surface area contributed by atoms with Crippen molar-refractivity contribution >= 4 is 16.9 Å². The second-order valence-corrected chi connectivity index (χ2v) is 11.8. The number of dihydropyridines is 1. The van der Waals surface area contributed by atoms with E-state index < -0.39 is 6.29 Å². The van der Waals surface area contributed by atoms with Gasteiger partial charge in [0.05, 0.1) is 18.1 Å². The molecule has 0 spiro atoms. The van der Waals surface area contributed by atoms with E-state index in [9.17, 15) is 13.6 Å². The van der Waals surface area contributed by atoms with E-state index in [1.807, 2.05) is 17.0 Å². The summed E-state index contributed by atoms with van der Waals surface area (Å²) in [5, 5.41) is 3.29. The minimum absolute atomic E-state index is 0.0402. The number of carbonyl (C=O) groups is 1. The number of piperazine rings is 1. The Labute approximate surface area is 254 Å². The fourth-order valence-corrected chi connectivity index (χ4v) is 6.46. The first-order chi connectivity index (χ1) is 21.3. The third-order valence-electron chi connectivity index (χ3n) is 8.91. The summed E-state index contributed by atoms with van der Waals surface area (Å²) in [7, 11) is 1.67. The number of piperidine rings is 1. The first kappa shape index (κ1) is 28.6. The first-order valence-electron chi connectivity index (χ1n) is 15.1. The molecule has 4 aliphatic heterocycles. The van der Waals surface area contributed by atoms with Gasteiger partial charge in [-0.2, -0.15) is 0 Å². The van der Waals surface area contributed by atoms with Crippen LogP contribution in [0.25, 0.3) is 11.0 Å². The second kappa shape index (κ2) is 11.7. The lowest BCUT2D eigenvalue weighted by Crippen LogP contribution is -2.48. The highest BCUT2D eigenvalue weighted by atomic mass is 19.3. The largest absolute Gasteiger partial charge is 0.586 e. The van der Waals surface area contributed by atoms with Crippen molar-refractivity contribution in [2.24, 2.45) is 0 Å². The van der Waals surface area contributed by atoms with Crippen LogP contribution in [-0.2, 0) is 11.3 Å². The van der Waals surface area contributed by atoms with Crippen molar-refractivity contribution in [3.63, 3.8) is 0 Å². The Morgan fingerprint density at radius 3 is 2.50 bits per heavy atom. The molecule has 2 aromatic carbocycles. The Kier molecular flexibility index (Phi) is 7.63. The molecular formula is C32H36F2N6O4. The fraction of sp³-hybridized carbons (Fsp3) is 0.438. The van der Waals surface area contributed by atoms with Crippen LogP contribution in [0.5, 0.6) is 11.5 Å². The van der Waals surface area contributed by atoms with Crippen LogP contribution >= 0.6 is 0 Å². The highest BCUT2D eigenvalue weighted by Gasteiger charge is 2.43. The number of methoxy groups -OCH3 is 1. The summed E-state index contributed by atoms with van der Waals surface area (Å²) in [4.78, 5) is 27.7. The molecule has 4 aliphatic rings. The predicted molar refractivity (Wildman–Crippen MR) is 160 cm³/mol. The van der Waals surface area contributed by atoms with E-state index in [4.69, 9.17) is 4.74 Å². The van der Waals surface area contributed by atoms with Gasteiger partial charge in [0.2, 0.25) is 0 Å². The van der Waals surface area contributed by atoms with E-state index in [0.717, 1.165) is 61.5 Å². The summed E-state index contributed by atoms with van der Waals surface area (Å²) in [5.74, 6) is 1.62. The van der Waals surface area contributed by atoms with Crippen molar-refractivity contribution in [1.82, 2.24) is 30.0 Å². The molecule has 0 bridgehead atoms. The summed E-state index contributed by atoms with van der Waals surface area (Å²) < 4.78 is 41.0. The van der Waals surface area contributed by atoms with Gasteiger partial charge in [-0.15, -0.1) is 8.78 Å². The number of allylic oxidation sites excluding steroid dienone is 2. The predicted octanol–water partition coefficient (Wildman–Crippen LogP) is 4.04. The fourth-order valence-electron chi connectivity index (χ4n) is 6.46. The van der Waals surface area contributed by atoms with Crippen LogP contribution in [0, 0.1) is 0 Å².